The Kier molecular flexibility index (Phi) is 8.46. The van der Waals surface area contributed by atoms with Gasteiger partial charge in [0.1, 0.15) is 17.2 Å². The summed E-state index contributed by atoms with van der Waals surface area (Å²) in [6.45, 7) is 4.86. The van der Waals surface area contributed by atoms with Crippen molar-refractivity contribution < 1.29 is 14.4 Å². The molecule has 2 saturated heterocycles. The molecule has 0 bridgehead atoms. The Bertz CT molecular complexity index is 1770. The minimum Gasteiger partial charge on any atom is -0.368 e. The fourth-order valence-electron chi connectivity index (χ4n) is 6.77. The summed E-state index contributed by atoms with van der Waals surface area (Å²) in [5, 5.41) is 6.49. The van der Waals surface area contributed by atoms with E-state index in [2.05, 4.69) is 53.2 Å². The zero-order valence-electron chi connectivity index (χ0n) is 26.9. The van der Waals surface area contributed by atoms with E-state index in [1.54, 1.807) is 30.1 Å². The minimum absolute atomic E-state index is 0.0263. The minimum atomic E-state index is -0.364. The zero-order chi connectivity index (χ0) is 32.5. The van der Waals surface area contributed by atoms with Crippen LogP contribution in [-0.2, 0) is 11.3 Å². The number of piperazine rings is 1. The van der Waals surface area contributed by atoms with Gasteiger partial charge in [-0.3, -0.25) is 24.7 Å². The van der Waals surface area contributed by atoms with Crippen molar-refractivity contribution >= 4 is 52.0 Å². The van der Waals surface area contributed by atoms with E-state index in [0.717, 1.165) is 80.8 Å². The molecule has 4 aromatic rings. The van der Waals surface area contributed by atoms with E-state index in [0.29, 0.717) is 30.4 Å². The molecule has 1 aromatic carbocycles. The normalized spacial score (nSPS) is 17.7. The Morgan fingerprint density at radius 3 is 2.36 bits per heavy atom. The molecule has 13 heteroatoms. The molecule has 47 heavy (non-hydrogen) atoms. The van der Waals surface area contributed by atoms with E-state index in [4.69, 9.17) is 4.98 Å². The van der Waals surface area contributed by atoms with Crippen LogP contribution in [0.25, 0.3) is 11.0 Å². The standard InChI is InChI=1S/C34H40N10O3/c1-40(2)32(46)28-19-24-20-36-33(39-31(24)44(28)26-5-3-4-6-26)37-29-12-11-27(21-35-29)42-17-15-41(16-18-42)22-23-7-9-25(10-8-23)43-14-13-30(45)38-34(43)47/h7-12,19-21,26H,3-6,13-18,22H2,1-2H3,(H,38,45,47)(H,35,36,37,39). The molecule has 0 unspecified atom stereocenters. The summed E-state index contributed by atoms with van der Waals surface area (Å²) in [7, 11) is 3.55. The number of pyridine rings is 1. The molecule has 1 aliphatic carbocycles. The predicted octanol–water partition coefficient (Wildman–Crippen LogP) is 4.16. The van der Waals surface area contributed by atoms with Gasteiger partial charge < -0.3 is 19.7 Å². The topological polar surface area (TPSA) is 132 Å². The number of hydrogen-bond acceptors (Lipinski definition) is 9. The van der Waals surface area contributed by atoms with Crippen LogP contribution in [0.15, 0.2) is 54.9 Å². The Labute approximate surface area is 273 Å². The molecule has 4 amide bonds. The monoisotopic (exact) mass is 636 g/mol. The molecule has 2 aliphatic heterocycles. The Balaban J connectivity index is 0.959. The van der Waals surface area contributed by atoms with E-state index >= 15 is 0 Å². The SMILES string of the molecule is CN(C)C(=O)c1cc2cnc(Nc3ccc(N4CCN(Cc5ccc(N6CCC(=O)NC6=O)cc5)CC4)cn3)nc2n1C1CCCC1. The summed E-state index contributed by atoms with van der Waals surface area (Å²) in [5.41, 5.74) is 4.48. The number of anilines is 4. The number of carbonyl (C=O) groups is 3. The Morgan fingerprint density at radius 1 is 0.936 bits per heavy atom. The average Bonchev–Trinajstić information content (AvgIpc) is 3.74. The fourth-order valence-corrected chi connectivity index (χ4v) is 6.77. The quantitative estimate of drug-likeness (QED) is 0.293. The molecule has 244 valence electrons. The molecule has 0 spiro atoms. The van der Waals surface area contributed by atoms with Gasteiger partial charge in [-0.25, -0.2) is 14.8 Å². The number of imide groups is 1. The summed E-state index contributed by atoms with van der Waals surface area (Å²) in [6.07, 6.45) is 8.37. The second-order valence-electron chi connectivity index (χ2n) is 12.7. The van der Waals surface area contributed by atoms with Crippen LogP contribution in [0.3, 0.4) is 0 Å². The molecular formula is C34H40N10O3. The first-order chi connectivity index (χ1) is 22.8. The van der Waals surface area contributed by atoms with Gasteiger partial charge in [0.05, 0.1) is 11.9 Å². The number of fused-ring (bicyclic) bond motifs is 1. The van der Waals surface area contributed by atoms with E-state index in [1.165, 1.54) is 5.56 Å². The number of rotatable bonds is 8. The Morgan fingerprint density at radius 2 is 1.68 bits per heavy atom. The summed E-state index contributed by atoms with van der Waals surface area (Å²) in [6, 6.07) is 13.8. The number of nitrogens with zero attached hydrogens (tertiary/aromatic N) is 8. The maximum absolute atomic E-state index is 13.0. The van der Waals surface area contributed by atoms with Crippen molar-refractivity contribution in [1.82, 2.24) is 34.6 Å². The number of nitrogens with one attached hydrogen (secondary N) is 2. The molecule has 3 fully saturated rings. The zero-order valence-corrected chi connectivity index (χ0v) is 26.9. The molecule has 13 nitrogen and oxygen atoms in total. The summed E-state index contributed by atoms with van der Waals surface area (Å²) >= 11 is 0. The molecule has 0 radical (unpaired) electrons. The summed E-state index contributed by atoms with van der Waals surface area (Å²) in [5.74, 6) is 0.858. The van der Waals surface area contributed by atoms with Gasteiger partial charge in [0.2, 0.25) is 11.9 Å². The molecule has 1 saturated carbocycles. The van der Waals surface area contributed by atoms with Crippen LogP contribution in [0.5, 0.6) is 0 Å². The fraction of sp³-hybridized carbons (Fsp3) is 0.412. The average molecular weight is 637 g/mol. The van der Waals surface area contributed by atoms with Gasteiger partial charge in [0, 0.05) is 83.1 Å². The van der Waals surface area contributed by atoms with Gasteiger partial charge in [-0.2, -0.15) is 4.98 Å². The van der Waals surface area contributed by atoms with Crippen LogP contribution < -0.4 is 20.4 Å². The van der Waals surface area contributed by atoms with Crippen molar-refractivity contribution in [2.45, 2.75) is 44.7 Å². The first-order valence-electron chi connectivity index (χ1n) is 16.3. The molecule has 5 heterocycles. The molecule has 3 aliphatic rings. The van der Waals surface area contributed by atoms with E-state index in [9.17, 15) is 14.4 Å². The van der Waals surface area contributed by atoms with Gasteiger partial charge in [-0.05, 0) is 48.7 Å². The van der Waals surface area contributed by atoms with E-state index in [1.807, 2.05) is 30.5 Å². The molecule has 2 N–H and O–H groups in total. The molecule has 0 atom stereocenters. The lowest BCUT2D eigenvalue weighted by Crippen LogP contribution is -2.49. The van der Waals surface area contributed by atoms with Crippen molar-refractivity contribution in [3.05, 3.63) is 66.1 Å². The van der Waals surface area contributed by atoms with Crippen molar-refractivity contribution in [2.75, 3.05) is 61.9 Å². The number of aromatic nitrogens is 4. The number of amides is 4. The van der Waals surface area contributed by atoms with Gasteiger partial charge >= 0.3 is 6.03 Å². The lowest BCUT2D eigenvalue weighted by molar-refractivity contribution is -0.120. The lowest BCUT2D eigenvalue weighted by Gasteiger charge is -2.36. The largest absolute Gasteiger partial charge is 0.368 e. The van der Waals surface area contributed by atoms with E-state index in [-0.39, 0.29) is 23.9 Å². The third-order valence-corrected chi connectivity index (χ3v) is 9.32. The highest BCUT2D eigenvalue weighted by Crippen LogP contribution is 2.35. The van der Waals surface area contributed by atoms with Gasteiger partial charge in [0.25, 0.3) is 5.91 Å². The van der Waals surface area contributed by atoms with Gasteiger partial charge in [-0.1, -0.05) is 25.0 Å². The van der Waals surface area contributed by atoms with Crippen molar-refractivity contribution in [3.63, 3.8) is 0 Å². The second kappa shape index (κ2) is 13.0. The van der Waals surface area contributed by atoms with Crippen LogP contribution in [0.2, 0.25) is 0 Å². The Hall–Kier alpha value is -5.04. The number of urea groups is 1. The van der Waals surface area contributed by atoms with Crippen LogP contribution >= 0.6 is 0 Å². The van der Waals surface area contributed by atoms with Crippen molar-refractivity contribution in [1.29, 1.82) is 0 Å². The van der Waals surface area contributed by atoms with Crippen LogP contribution in [0, 0.1) is 0 Å². The highest BCUT2D eigenvalue weighted by Gasteiger charge is 2.27. The second-order valence-corrected chi connectivity index (χ2v) is 12.7. The van der Waals surface area contributed by atoms with Crippen LogP contribution in [-0.4, -0.2) is 94.0 Å². The maximum atomic E-state index is 13.0. The molecule has 3 aromatic heterocycles. The van der Waals surface area contributed by atoms with Crippen molar-refractivity contribution in [3.8, 4) is 0 Å². The smallest absolute Gasteiger partial charge is 0.328 e. The maximum Gasteiger partial charge on any atom is 0.328 e. The number of hydrogen-bond donors (Lipinski definition) is 2. The third kappa shape index (κ3) is 6.48. The molecular weight excluding hydrogens is 596 g/mol. The highest BCUT2D eigenvalue weighted by atomic mass is 16.2. The number of carbonyl (C=O) groups excluding carboxylic acids is 3. The first kappa shape index (κ1) is 30.6. The van der Waals surface area contributed by atoms with Crippen LogP contribution in [0.4, 0.5) is 27.9 Å². The third-order valence-electron chi connectivity index (χ3n) is 9.32. The van der Waals surface area contributed by atoms with Crippen LogP contribution in [0.1, 0.15) is 54.2 Å². The van der Waals surface area contributed by atoms with E-state index < -0.39 is 0 Å². The predicted molar refractivity (Wildman–Crippen MR) is 180 cm³/mol. The highest BCUT2D eigenvalue weighted by molar-refractivity contribution is 6.05. The summed E-state index contributed by atoms with van der Waals surface area (Å²) in [4.78, 5) is 58.6. The lowest BCUT2D eigenvalue weighted by atomic mass is 10.1. The van der Waals surface area contributed by atoms with Gasteiger partial charge in [-0.15, -0.1) is 0 Å². The van der Waals surface area contributed by atoms with Crippen molar-refractivity contribution in [2.24, 2.45) is 0 Å². The number of benzene rings is 1. The first-order valence-corrected chi connectivity index (χ1v) is 16.3. The summed E-state index contributed by atoms with van der Waals surface area (Å²) < 4.78 is 2.11. The van der Waals surface area contributed by atoms with Gasteiger partial charge in [0.15, 0.2) is 0 Å². The molecule has 7 rings (SSSR count).